The number of benzene rings is 2. The topological polar surface area (TPSA) is 104 Å². The normalized spacial score (nSPS) is 12.0. The predicted octanol–water partition coefficient (Wildman–Crippen LogP) is 4.02. The molecule has 0 saturated heterocycles. The summed E-state index contributed by atoms with van der Waals surface area (Å²) in [5, 5.41) is 21.0. The third kappa shape index (κ3) is 5.73. The lowest BCUT2D eigenvalue weighted by molar-refractivity contribution is -0.383. The summed E-state index contributed by atoms with van der Waals surface area (Å²) in [6.45, 7) is 2.41. The van der Waals surface area contributed by atoms with Crippen molar-refractivity contribution in [2.75, 3.05) is 18.9 Å². The van der Waals surface area contributed by atoms with E-state index in [1.165, 1.54) is 24.3 Å². The number of aromatic amines is 1. The van der Waals surface area contributed by atoms with E-state index in [2.05, 4.69) is 15.5 Å². The number of amides is 1. The first-order valence-corrected chi connectivity index (χ1v) is 9.90. The fraction of sp³-hybridized carbons (Fsp3) is 0.273. The van der Waals surface area contributed by atoms with E-state index in [0.717, 1.165) is 29.8 Å². The van der Waals surface area contributed by atoms with Crippen LogP contribution in [-0.4, -0.2) is 45.6 Å². The molecule has 0 aliphatic heterocycles. The zero-order chi connectivity index (χ0) is 22.4. The second kappa shape index (κ2) is 9.94. The van der Waals surface area contributed by atoms with Crippen molar-refractivity contribution in [3.8, 4) is 11.3 Å². The average molecular weight is 425 g/mol. The Balaban J connectivity index is 1.50. The zero-order valence-corrected chi connectivity index (χ0v) is 17.3. The van der Waals surface area contributed by atoms with E-state index in [4.69, 9.17) is 0 Å². The number of rotatable bonds is 9. The van der Waals surface area contributed by atoms with Gasteiger partial charge in [0.15, 0.2) is 0 Å². The number of nitro groups is 1. The number of hydrogen-bond acceptors (Lipinski definition) is 5. The Bertz CT molecular complexity index is 1050. The first-order chi connectivity index (χ1) is 14.8. The first-order valence-electron chi connectivity index (χ1n) is 9.90. The maximum atomic E-state index is 13.1. The minimum Gasteiger partial charge on any atom is -0.319 e. The Kier molecular flexibility index (Phi) is 7.09. The predicted molar refractivity (Wildman–Crippen MR) is 116 cm³/mol. The van der Waals surface area contributed by atoms with Crippen LogP contribution in [0.2, 0.25) is 0 Å². The molecule has 1 atom stereocenters. The Morgan fingerprint density at radius 2 is 1.97 bits per heavy atom. The van der Waals surface area contributed by atoms with Gasteiger partial charge in [0, 0.05) is 17.3 Å². The zero-order valence-electron chi connectivity index (χ0n) is 17.3. The van der Waals surface area contributed by atoms with E-state index in [1.807, 2.05) is 18.0 Å². The molecule has 1 unspecified atom stereocenters. The fourth-order valence-corrected chi connectivity index (χ4v) is 3.15. The summed E-state index contributed by atoms with van der Waals surface area (Å²) in [5.74, 6) is -0.598. The molecule has 0 radical (unpaired) electrons. The number of nitro benzene ring substituents is 1. The highest BCUT2D eigenvalue weighted by molar-refractivity contribution is 5.96. The van der Waals surface area contributed by atoms with Crippen LogP contribution in [0.5, 0.6) is 0 Å². The first kappa shape index (κ1) is 22.1. The molecule has 1 aromatic heterocycles. The van der Waals surface area contributed by atoms with E-state index in [9.17, 15) is 19.3 Å². The summed E-state index contributed by atoms with van der Waals surface area (Å²) in [6.07, 6.45) is 1.52. The van der Waals surface area contributed by atoms with E-state index in [1.54, 1.807) is 31.2 Å². The highest BCUT2D eigenvalue weighted by Crippen LogP contribution is 2.23. The van der Waals surface area contributed by atoms with Gasteiger partial charge >= 0.3 is 0 Å². The number of aryl methyl sites for hydroxylation is 1. The van der Waals surface area contributed by atoms with Crippen LogP contribution in [0.15, 0.2) is 54.6 Å². The molecule has 1 amide bonds. The van der Waals surface area contributed by atoms with Gasteiger partial charge in [-0.2, -0.15) is 5.10 Å². The van der Waals surface area contributed by atoms with Crippen molar-refractivity contribution in [2.24, 2.45) is 0 Å². The number of nitrogens with zero attached hydrogens (tertiary/aromatic N) is 3. The van der Waals surface area contributed by atoms with Gasteiger partial charge in [0.2, 0.25) is 5.91 Å². The van der Waals surface area contributed by atoms with E-state index < -0.39 is 11.0 Å². The molecule has 1 heterocycles. The Hall–Kier alpha value is -3.59. The van der Waals surface area contributed by atoms with Crippen LogP contribution in [0.1, 0.15) is 19.0 Å². The van der Waals surface area contributed by atoms with Gasteiger partial charge < -0.3 is 5.32 Å². The van der Waals surface area contributed by atoms with Gasteiger partial charge in [0.05, 0.1) is 16.7 Å². The lowest BCUT2D eigenvalue weighted by Crippen LogP contribution is -2.40. The van der Waals surface area contributed by atoms with Gasteiger partial charge in [-0.15, -0.1) is 0 Å². The quantitative estimate of drug-likeness (QED) is 0.398. The largest absolute Gasteiger partial charge is 0.319 e. The van der Waals surface area contributed by atoms with E-state index in [0.29, 0.717) is 6.54 Å². The van der Waals surface area contributed by atoms with Crippen molar-refractivity contribution in [2.45, 2.75) is 25.8 Å². The van der Waals surface area contributed by atoms with Crippen LogP contribution in [-0.2, 0) is 11.2 Å². The van der Waals surface area contributed by atoms with Crippen molar-refractivity contribution >= 4 is 17.3 Å². The molecule has 3 aromatic rings. The molecule has 2 N–H and O–H groups in total. The Morgan fingerprint density at radius 1 is 1.26 bits per heavy atom. The minimum absolute atomic E-state index is 0.137. The summed E-state index contributed by atoms with van der Waals surface area (Å²) >= 11 is 0. The van der Waals surface area contributed by atoms with Gasteiger partial charge in [-0.25, -0.2) is 4.39 Å². The average Bonchev–Trinajstić information content (AvgIpc) is 3.22. The highest BCUT2D eigenvalue weighted by Gasteiger charge is 2.21. The highest BCUT2D eigenvalue weighted by atomic mass is 19.1. The lowest BCUT2D eigenvalue weighted by atomic mass is 10.1. The molecule has 162 valence electrons. The van der Waals surface area contributed by atoms with Crippen LogP contribution >= 0.6 is 0 Å². The molecule has 0 bridgehead atoms. The summed E-state index contributed by atoms with van der Waals surface area (Å²) in [4.78, 5) is 25.0. The monoisotopic (exact) mass is 425 g/mol. The second-order valence-corrected chi connectivity index (χ2v) is 7.31. The van der Waals surface area contributed by atoms with Gasteiger partial charge in [-0.3, -0.25) is 24.9 Å². The van der Waals surface area contributed by atoms with Crippen molar-refractivity contribution in [1.82, 2.24) is 15.1 Å². The summed E-state index contributed by atoms with van der Waals surface area (Å²) in [7, 11) is 1.83. The SMILES string of the molecule is CC(C(=O)Nc1ccccc1[N+](=O)[O-])N(C)CCCc1cc(-c2ccc(F)cc2)n[nH]1. The van der Waals surface area contributed by atoms with E-state index in [-0.39, 0.29) is 23.1 Å². The molecule has 0 aliphatic carbocycles. The van der Waals surface area contributed by atoms with Crippen molar-refractivity contribution in [3.63, 3.8) is 0 Å². The van der Waals surface area contributed by atoms with Crippen molar-refractivity contribution < 1.29 is 14.1 Å². The van der Waals surface area contributed by atoms with Gasteiger partial charge in [-0.1, -0.05) is 12.1 Å². The maximum absolute atomic E-state index is 13.1. The number of nitrogens with one attached hydrogen (secondary N) is 2. The minimum atomic E-state index is -0.519. The summed E-state index contributed by atoms with van der Waals surface area (Å²) in [6, 6.07) is 13.7. The third-order valence-electron chi connectivity index (χ3n) is 5.13. The molecular formula is C22H24FN5O3. The van der Waals surface area contributed by atoms with Gasteiger partial charge in [0.1, 0.15) is 11.5 Å². The number of likely N-dealkylation sites (N-methyl/N-ethyl adjacent to an activating group) is 1. The lowest BCUT2D eigenvalue weighted by Gasteiger charge is -2.23. The van der Waals surface area contributed by atoms with Crippen LogP contribution in [0.25, 0.3) is 11.3 Å². The number of halogens is 1. The van der Waals surface area contributed by atoms with Crippen LogP contribution in [0.4, 0.5) is 15.8 Å². The fourth-order valence-electron chi connectivity index (χ4n) is 3.15. The smallest absolute Gasteiger partial charge is 0.292 e. The number of anilines is 1. The molecule has 0 fully saturated rings. The third-order valence-corrected chi connectivity index (χ3v) is 5.13. The standard InChI is InChI=1S/C22H24FN5O3/c1-15(22(29)24-19-7-3-4-8-21(19)28(30)31)27(2)13-5-6-18-14-20(26-25-18)16-9-11-17(23)12-10-16/h3-4,7-12,14-15H,5-6,13H2,1-2H3,(H,24,29)(H,25,26). The van der Waals surface area contributed by atoms with E-state index >= 15 is 0 Å². The number of carbonyl (C=O) groups excluding carboxylic acids is 1. The molecule has 0 spiro atoms. The maximum Gasteiger partial charge on any atom is 0.292 e. The van der Waals surface area contributed by atoms with Crippen molar-refractivity contribution in [1.29, 1.82) is 0 Å². The molecule has 2 aromatic carbocycles. The number of aromatic nitrogens is 2. The molecule has 0 aliphatic rings. The molecule has 9 heteroatoms. The molecule has 3 rings (SSSR count). The van der Waals surface area contributed by atoms with Crippen LogP contribution in [0.3, 0.4) is 0 Å². The Labute approximate surface area is 179 Å². The van der Waals surface area contributed by atoms with Gasteiger partial charge in [0.25, 0.3) is 5.69 Å². The summed E-state index contributed by atoms with van der Waals surface area (Å²) in [5.41, 5.74) is 2.58. The van der Waals surface area contributed by atoms with Gasteiger partial charge in [-0.05, 0) is 69.8 Å². The number of para-hydroxylation sites is 2. The molecule has 31 heavy (non-hydrogen) atoms. The number of carbonyl (C=O) groups is 1. The number of hydrogen-bond donors (Lipinski definition) is 2. The second-order valence-electron chi connectivity index (χ2n) is 7.31. The Morgan fingerprint density at radius 3 is 2.68 bits per heavy atom. The summed E-state index contributed by atoms with van der Waals surface area (Å²) < 4.78 is 13.1. The van der Waals surface area contributed by atoms with Crippen molar-refractivity contribution in [3.05, 3.63) is 76.2 Å². The number of H-pyrrole nitrogens is 1. The van der Waals surface area contributed by atoms with Crippen LogP contribution in [0, 0.1) is 15.9 Å². The van der Waals surface area contributed by atoms with Crippen LogP contribution < -0.4 is 5.32 Å². The molecular weight excluding hydrogens is 401 g/mol. The molecule has 8 nitrogen and oxygen atoms in total. The molecule has 0 saturated carbocycles.